The minimum Gasteiger partial charge on any atom is -0.466 e. The average molecular weight is 205 g/mol. The molecule has 72 valence electrons. The zero-order valence-corrected chi connectivity index (χ0v) is 7.63. The molecule has 7 heteroatoms. The molecule has 1 aliphatic heterocycles. The van der Waals surface area contributed by atoms with Crippen molar-refractivity contribution < 1.29 is 9.53 Å². The van der Waals surface area contributed by atoms with E-state index in [1.807, 2.05) is 0 Å². The van der Waals surface area contributed by atoms with Crippen LogP contribution < -0.4 is 16.8 Å². The first-order chi connectivity index (χ1) is 6.00. The summed E-state index contributed by atoms with van der Waals surface area (Å²) in [6, 6.07) is 0. The van der Waals surface area contributed by atoms with E-state index in [9.17, 15) is 4.79 Å². The summed E-state index contributed by atoms with van der Waals surface area (Å²) < 4.78 is 4.43. The maximum Gasteiger partial charge on any atom is 0.355 e. The van der Waals surface area contributed by atoms with Crippen molar-refractivity contribution in [3.8, 4) is 0 Å². The van der Waals surface area contributed by atoms with Crippen molar-refractivity contribution in [2.45, 2.75) is 5.00 Å². The number of carbonyl (C=O) groups excluding carboxylic acids is 1. The molecule has 5 N–H and O–H groups in total. The van der Waals surface area contributed by atoms with E-state index >= 15 is 0 Å². The molecule has 0 amide bonds. The van der Waals surface area contributed by atoms with Gasteiger partial charge in [-0.25, -0.2) is 9.79 Å². The third-order valence-electron chi connectivity index (χ3n) is 1.49. The Morgan fingerprint density at radius 1 is 1.77 bits per heavy atom. The number of alkyl halides is 1. The molecule has 13 heavy (non-hydrogen) atoms. The number of carbonyl (C=O) groups is 1. The predicted octanol–water partition coefficient (Wildman–Crippen LogP) is -1.19. The van der Waals surface area contributed by atoms with Gasteiger partial charge in [0.25, 0.3) is 5.00 Å². The highest BCUT2D eigenvalue weighted by Crippen LogP contribution is 2.17. The summed E-state index contributed by atoms with van der Waals surface area (Å²) >= 11 is 5.80. The predicted molar refractivity (Wildman–Crippen MR) is 47.6 cm³/mol. The lowest BCUT2D eigenvalue weighted by Crippen LogP contribution is -2.57. The molecule has 1 unspecified atom stereocenters. The Morgan fingerprint density at radius 3 is 2.85 bits per heavy atom. The van der Waals surface area contributed by atoms with Crippen LogP contribution in [-0.2, 0) is 9.53 Å². The van der Waals surface area contributed by atoms with Gasteiger partial charge in [0.05, 0.1) is 7.11 Å². The summed E-state index contributed by atoms with van der Waals surface area (Å²) in [5, 5.41) is 2.49. The van der Waals surface area contributed by atoms with Crippen LogP contribution in [0.5, 0.6) is 0 Å². The molecule has 0 aromatic carbocycles. The Morgan fingerprint density at radius 2 is 2.38 bits per heavy atom. The summed E-state index contributed by atoms with van der Waals surface area (Å²) in [6.45, 7) is 0. The summed E-state index contributed by atoms with van der Waals surface area (Å²) in [4.78, 5) is 13.2. The van der Waals surface area contributed by atoms with Gasteiger partial charge in [0, 0.05) is 6.20 Å². The number of aliphatic imine (C=N–C) groups is 1. The highest BCUT2D eigenvalue weighted by atomic mass is 35.5. The molecule has 0 fully saturated rings. The van der Waals surface area contributed by atoms with Crippen LogP contribution in [0.2, 0.25) is 0 Å². The highest BCUT2D eigenvalue weighted by molar-refractivity contribution is 6.46. The fourth-order valence-electron chi connectivity index (χ4n) is 0.800. The van der Waals surface area contributed by atoms with Crippen molar-refractivity contribution in [3.63, 3.8) is 0 Å². The van der Waals surface area contributed by atoms with Gasteiger partial charge in [0.2, 0.25) is 0 Å². The van der Waals surface area contributed by atoms with Crippen molar-refractivity contribution in [3.05, 3.63) is 12.0 Å². The molecule has 1 atom stereocenters. The number of rotatable bonds is 1. The topological polar surface area (TPSA) is 103 Å². The van der Waals surface area contributed by atoms with Crippen LogP contribution >= 0.6 is 11.6 Å². The summed E-state index contributed by atoms with van der Waals surface area (Å²) in [7, 11) is 1.20. The molecule has 0 aliphatic carbocycles. The Kier molecular flexibility index (Phi) is 2.33. The van der Waals surface area contributed by atoms with Crippen molar-refractivity contribution in [1.29, 1.82) is 0 Å². The molecular weight excluding hydrogens is 196 g/mol. The van der Waals surface area contributed by atoms with Gasteiger partial charge in [0.1, 0.15) is 5.82 Å². The molecule has 0 aromatic rings. The van der Waals surface area contributed by atoms with Gasteiger partial charge in [0.15, 0.2) is 5.84 Å². The molecule has 0 spiro atoms. The number of hydrogen-bond acceptors (Lipinski definition) is 6. The number of methoxy groups -OCH3 is 1. The maximum absolute atomic E-state index is 11.2. The summed E-state index contributed by atoms with van der Waals surface area (Å²) in [5.74, 6) is -0.724. The van der Waals surface area contributed by atoms with Crippen molar-refractivity contribution in [2.24, 2.45) is 16.5 Å². The quantitative estimate of drug-likeness (QED) is 0.283. The van der Waals surface area contributed by atoms with E-state index in [0.717, 1.165) is 0 Å². The Hall–Kier alpha value is -1.43. The van der Waals surface area contributed by atoms with Gasteiger partial charge in [-0.3, -0.25) is 0 Å². The molecule has 1 heterocycles. The Labute approximate surface area is 79.6 Å². The van der Waals surface area contributed by atoms with Crippen molar-refractivity contribution in [2.75, 3.05) is 7.11 Å². The number of esters is 1. The number of nitrogens with one attached hydrogen (secondary N) is 1. The minimum atomic E-state index is -1.64. The zero-order chi connectivity index (χ0) is 10.1. The van der Waals surface area contributed by atoms with Gasteiger partial charge >= 0.3 is 5.97 Å². The Bertz CT molecular complexity index is 301. The maximum atomic E-state index is 11.2. The number of halogens is 1. The zero-order valence-electron chi connectivity index (χ0n) is 6.87. The highest BCUT2D eigenvalue weighted by Gasteiger charge is 2.43. The molecule has 6 nitrogen and oxygen atoms in total. The van der Waals surface area contributed by atoms with Crippen LogP contribution in [0.25, 0.3) is 0 Å². The SMILES string of the molecule is COC(=O)C1(Cl)NC=C(N)N=C1N. The van der Waals surface area contributed by atoms with Crippen LogP contribution in [-0.4, -0.2) is 23.9 Å². The molecule has 1 aliphatic rings. The smallest absolute Gasteiger partial charge is 0.355 e. The third-order valence-corrected chi connectivity index (χ3v) is 1.95. The van der Waals surface area contributed by atoms with Gasteiger partial charge in [-0.2, -0.15) is 0 Å². The number of nitrogens with two attached hydrogens (primary N) is 2. The van der Waals surface area contributed by atoms with Gasteiger partial charge in [-0.1, -0.05) is 11.6 Å². The van der Waals surface area contributed by atoms with E-state index in [-0.39, 0.29) is 11.7 Å². The molecule has 0 aromatic heterocycles. The molecule has 0 saturated carbocycles. The molecule has 0 saturated heterocycles. The average Bonchev–Trinajstić information content (AvgIpc) is 2.11. The third kappa shape index (κ3) is 1.52. The summed E-state index contributed by atoms with van der Waals surface area (Å²) in [6.07, 6.45) is 1.28. The van der Waals surface area contributed by atoms with E-state index in [0.29, 0.717) is 0 Å². The van der Waals surface area contributed by atoms with Crippen molar-refractivity contribution in [1.82, 2.24) is 5.32 Å². The lowest BCUT2D eigenvalue weighted by atomic mass is 10.2. The number of ether oxygens (including phenoxy) is 1. The van der Waals surface area contributed by atoms with E-state index in [2.05, 4.69) is 15.0 Å². The molecule has 1 rings (SSSR count). The fraction of sp³-hybridized carbons (Fsp3) is 0.333. The first-order valence-corrected chi connectivity index (χ1v) is 3.74. The van der Waals surface area contributed by atoms with Crippen LogP contribution in [0.4, 0.5) is 0 Å². The van der Waals surface area contributed by atoms with Crippen LogP contribution in [0.15, 0.2) is 17.0 Å². The molecule has 0 bridgehead atoms. The van der Waals surface area contributed by atoms with E-state index in [1.54, 1.807) is 0 Å². The normalized spacial score (nSPS) is 26.9. The van der Waals surface area contributed by atoms with E-state index < -0.39 is 11.0 Å². The van der Waals surface area contributed by atoms with Gasteiger partial charge < -0.3 is 21.5 Å². The number of nitrogens with zero attached hydrogens (tertiary/aromatic N) is 1. The fourth-order valence-corrected chi connectivity index (χ4v) is 0.974. The van der Waals surface area contributed by atoms with Gasteiger partial charge in [-0.05, 0) is 0 Å². The number of amidine groups is 1. The van der Waals surface area contributed by atoms with Crippen LogP contribution in [0, 0.1) is 0 Å². The monoisotopic (exact) mass is 204 g/mol. The largest absolute Gasteiger partial charge is 0.466 e. The first kappa shape index (κ1) is 9.66. The standard InChI is InChI=1S/C6H9ClN4O2/c1-13-5(12)6(7)4(9)11-3(8)2-10-6/h2,10H,8H2,1H3,(H2,9,11). The van der Waals surface area contributed by atoms with Crippen LogP contribution in [0.1, 0.15) is 0 Å². The molecular formula is C6H9ClN4O2. The second-order valence-electron chi connectivity index (χ2n) is 2.36. The van der Waals surface area contributed by atoms with Gasteiger partial charge in [-0.15, -0.1) is 0 Å². The van der Waals surface area contributed by atoms with Crippen molar-refractivity contribution >= 4 is 23.4 Å². The van der Waals surface area contributed by atoms with E-state index in [1.165, 1.54) is 13.3 Å². The minimum absolute atomic E-state index is 0.138. The second-order valence-corrected chi connectivity index (χ2v) is 2.93. The lowest BCUT2D eigenvalue weighted by molar-refractivity contribution is -0.142. The number of hydrogen-bond donors (Lipinski definition) is 3. The summed E-state index contributed by atoms with van der Waals surface area (Å²) in [5.41, 5.74) is 10.7. The second kappa shape index (κ2) is 3.14. The molecule has 0 radical (unpaired) electrons. The first-order valence-electron chi connectivity index (χ1n) is 3.36. The lowest BCUT2D eigenvalue weighted by Gasteiger charge is -2.26. The van der Waals surface area contributed by atoms with E-state index in [4.69, 9.17) is 23.1 Å². The Balaban J connectivity index is 2.97. The van der Waals surface area contributed by atoms with Crippen LogP contribution in [0.3, 0.4) is 0 Å².